The number of ether oxygens (including phenoxy) is 2. The van der Waals surface area contributed by atoms with Crippen molar-refractivity contribution in [1.82, 2.24) is 16.2 Å². The maximum absolute atomic E-state index is 12.0. The third-order valence-electron chi connectivity index (χ3n) is 2.60. The minimum Gasteiger partial charge on any atom is -0.496 e. The first-order valence-corrected chi connectivity index (χ1v) is 8.45. The van der Waals surface area contributed by atoms with E-state index < -0.39 is 17.8 Å². The summed E-state index contributed by atoms with van der Waals surface area (Å²) in [5.74, 6) is -1.07. The van der Waals surface area contributed by atoms with Gasteiger partial charge >= 0.3 is 5.97 Å². The minimum atomic E-state index is -0.640. The molecule has 0 heterocycles. The van der Waals surface area contributed by atoms with Crippen molar-refractivity contribution in [2.45, 2.75) is 6.92 Å². The Morgan fingerprint density at radius 2 is 1.96 bits per heavy atom. The van der Waals surface area contributed by atoms with Gasteiger partial charge in [0.1, 0.15) is 5.75 Å². The van der Waals surface area contributed by atoms with Crippen molar-refractivity contribution in [3.8, 4) is 5.75 Å². The second-order valence-electron chi connectivity index (χ2n) is 4.33. The highest BCUT2D eigenvalue weighted by molar-refractivity contribution is 14.1. The molecular formula is C15H16IN3O5S. The molecule has 10 heteroatoms. The Labute approximate surface area is 163 Å². The molecule has 0 aliphatic heterocycles. The number of halogens is 1. The third-order valence-corrected chi connectivity index (χ3v) is 3.64. The number of benzene rings is 1. The predicted octanol–water partition coefficient (Wildman–Crippen LogP) is 1.05. The Balaban J connectivity index is 2.48. The number of esters is 1. The molecule has 2 amide bonds. The van der Waals surface area contributed by atoms with Gasteiger partial charge in [0, 0.05) is 17.7 Å². The van der Waals surface area contributed by atoms with Crippen LogP contribution in [0.1, 0.15) is 17.3 Å². The highest BCUT2D eigenvalue weighted by Crippen LogP contribution is 2.21. The van der Waals surface area contributed by atoms with E-state index in [2.05, 4.69) is 20.9 Å². The Morgan fingerprint density at radius 1 is 1.24 bits per heavy atom. The monoisotopic (exact) mass is 477 g/mol. The maximum atomic E-state index is 12.0. The third kappa shape index (κ3) is 7.47. The van der Waals surface area contributed by atoms with Gasteiger partial charge in [-0.05, 0) is 59.9 Å². The molecule has 0 bridgehead atoms. The molecule has 0 aromatic heterocycles. The summed E-state index contributed by atoms with van der Waals surface area (Å²) in [5, 5.41) is 2.13. The zero-order valence-corrected chi connectivity index (χ0v) is 16.4. The van der Waals surface area contributed by atoms with E-state index in [1.807, 2.05) is 22.6 Å². The van der Waals surface area contributed by atoms with E-state index in [1.165, 1.54) is 7.11 Å². The van der Waals surface area contributed by atoms with Gasteiger partial charge in [0.15, 0.2) is 5.11 Å². The Bertz CT molecular complexity index is 708. The maximum Gasteiger partial charge on any atom is 0.330 e. The molecule has 3 N–H and O–H groups in total. The zero-order chi connectivity index (χ0) is 18.8. The quantitative estimate of drug-likeness (QED) is 0.192. The van der Waals surface area contributed by atoms with Crippen LogP contribution in [-0.2, 0) is 14.3 Å². The largest absolute Gasteiger partial charge is 0.496 e. The Morgan fingerprint density at radius 3 is 2.56 bits per heavy atom. The van der Waals surface area contributed by atoms with Crippen molar-refractivity contribution in [3.05, 3.63) is 39.5 Å². The van der Waals surface area contributed by atoms with Crippen molar-refractivity contribution >= 4 is 57.7 Å². The Kier molecular flexibility index (Phi) is 8.84. The summed E-state index contributed by atoms with van der Waals surface area (Å²) in [6, 6.07) is 4.89. The van der Waals surface area contributed by atoms with Crippen LogP contribution in [0.4, 0.5) is 0 Å². The Hall–Kier alpha value is -2.21. The smallest absolute Gasteiger partial charge is 0.330 e. The van der Waals surface area contributed by atoms with Crippen LogP contribution < -0.4 is 20.9 Å². The highest BCUT2D eigenvalue weighted by atomic mass is 127. The summed E-state index contributed by atoms with van der Waals surface area (Å²) >= 11 is 6.91. The predicted molar refractivity (Wildman–Crippen MR) is 103 cm³/mol. The topological polar surface area (TPSA) is 106 Å². The zero-order valence-electron chi connectivity index (χ0n) is 13.4. The normalized spacial score (nSPS) is 10.0. The van der Waals surface area contributed by atoms with E-state index in [4.69, 9.17) is 17.0 Å². The van der Waals surface area contributed by atoms with Gasteiger partial charge in [0.2, 0.25) is 5.91 Å². The van der Waals surface area contributed by atoms with Crippen LogP contribution in [0, 0.1) is 3.57 Å². The van der Waals surface area contributed by atoms with Gasteiger partial charge in [0.05, 0.1) is 17.3 Å². The summed E-state index contributed by atoms with van der Waals surface area (Å²) in [5.41, 5.74) is 5.12. The molecule has 0 saturated carbocycles. The molecule has 0 radical (unpaired) electrons. The number of amides is 2. The van der Waals surface area contributed by atoms with Crippen LogP contribution in [0.2, 0.25) is 0 Å². The van der Waals surface area contributed by atoms with E-state index in [1.54, 1.807) is 25.1 Å². The number of hydrogen-bond donors (Lipinski definition) is 3. The minimum absolute atomic E-state index is 0.130. The number of carbonyl (C=O) groups is 3. The van der Waals surface area contributed by atoms with Gasteiger partial charge in [-0.3, -0.25) is 25.8 Å². The molecule has 0 spiro atoms. The first kappa shape index (κ1) is 20.8. The number of hydrazine groups is 1. The van der Waals surface area contributed by atoms with Crippen molar-refractivity contribution in [2.75, 3.05) is 13.7 Å². The van der Waals surface area contributed by atoms with Gasteiger partial charge < -0.3 is 9.47 Å². The molecule has 1 aromatic carbocycles. The van der Waals surface area contributed by atoms with Gasteiger partial charge in [0.25, 0.3) is 5.91 Å². The van der Waals surface area contributed by atoms with E-state index in [-0.39, 0.29) is 11.7 Å². The standard InChI is InChI=1S/C15H16IN3O5S/c1-3-24-13(21)7-6-12(20)17-15(25)19-18-14(22)9-4-5-11(23-2)10(16)8-9/h4-8H,3H2,1-2H3,(H,18,22)(H2,17,19,20,25). The van der Waals surface area contributed by atoms with Gasteiger partial charge in [-0.15, -0.1) is 0 Å². The van der Waals surface area contributed by atoms with Crippen molar-refractivity contribution in [1.29, 1.82) is 0 Å². The lowest BCUT2D eigenvalue weighted by molar-refractivity contribution is -0.137. The number of hydrogen-bond acceptors (Lipinski definition) is 6. The summed E-state index contributed by atoms with van der Waals surface area (Å²) < 4.78 is 10.5. The lowest BCUT2D eigenvalue weighted by Crippen LogP contribution is -2.48. The fourth-order valence-corrected chi connectivity index (χ4v) is 2.40. The second kappa shape index (κ2) is 10.6. The molecule has 1 aromatic rings. The SMILES string of the molecule is CCOC(=O)C=CC(=O)NC(=S)NNC(=O)c1ccc(OC)c(I)c1. The molecule has 134 valence electrons. The van der Waals surface area contributed by atoms with Crippen LogP contribution in [0.25, 0.3) is 0 Å². The van der Waals surface area contributed by atoms with E-state index >= 15 is 0 Å². The highest BCUT2D eigenvalue weighted by Gasteiger charge is 2.09. The molecule has 8 nitrogen and oxygen atoms in total. The number of thiocarbonyl (C=S) groups is 1. The molecule has 1 rings (SSSR count). The molecule has 0 saturated heterocycles. The summed E-state index contributed by atoms with van der Waals surface area (Å²) in [6.45, 7) is 1.86. The molecular weight excluding hydrogens is 461 g/mol. The number of carbonyl (C=O) groups excluding carboxylic acids is 3. The van der Waals surface area contributed by atoms with Gasteiger partial charge in [-0.2, -0.15) is 0 Å². The molecule has 0 aliphatic carbocycles. The summed E-state index contributed by atoms with van der Waals surface area (Å²) in [4.78, 5) is 34.6. The first-order chi connectivity index (χ1) is 11.9. The summed E-state index contributed by atoms with van der Waals surface area (Å²) in [7, 11) is 1.54. The van der Waals surface area contributed by atoms with Crippen LogP contribution >= 0.6 is 34.8 Å². The van der Waals surface area contributed by atoms with Crippen molar-refractivity contribution in [3.63, 3.8) is 0 Å². The number of nitrogens with one attached hydrogen (secondary N) is 3. The number of methoxy groups -OCH3 is 1. The van der Waals surface area contributed by atoms with Crippen LogP contribution in [0.15, 0.2) is 30.4 Å². The molecule has 0 unspecified atom stereocenters. The molecule has 0 atom stereocenters. The van der Waals surface area contributed by atoms with Crippen molar-refractivity contribution in [2.24, 2.45) is 0 Å². The summed E-state index contributed by atoms with van der Waals surface area (Å²) in [6.07, 6.45) is 1.94. The lowest BCUT2D eigenvalue weighted by Gasteiger charge is -2.10. The molecule has 25 heavy (non-hydrogen) atoms. The van der Waals surface area contributed by atoms with Gasteiger partial charge in [-0.25, -0.2) is 4.79 Å². The molecule has 0 fully saturated rings. The average molecular weight is 477 g/mol. The van der Waals surface area contributed by atoms with Crippen LogP contribution in [0.5, 0.6) is 5.75 Å². The van der Waals surface area contributed by atoms with E-state index in [0.717, 1.165) is 15.7 Å². The fourth-order valence-electron chi connectivity index (χ4n) is 1.51. The number of rotatable bonds is 5. The van der Waals surface area contributed by atoms with Gasteiger partial charge in [-0.1, -0.05) is 0 Å². The lowest BCUT2D eigenvalue weighted by atomic mass is 10.2. The van der Waals surface area contributed by atoms with E-state index in [9.17, 15) is 14.4 Å². The van der Waals surface area contributed by atoms with Crippen LogP contribution in [0.3, 0.4) is 0 Å². The van der Waals surface area contributed by atoms with E-state index in [0.29, 0.717) is 11.3 Å². The second-order valence-corrected chi connectivity index (χ2v) is 5.90. The van der Waals surface area contributed by atoms with Crippen LogP contribution in [-0.4, -0.2) is 36.6 Å². The first-order valence-electron chi connectivity index (χ1n) is 6.97. The fraction of sp³-hybridized carbons (Fsp3) is 0.200. The average Bonchev–Trinajstić information content (AvgIpc) is 2.58. The van der Waals surface area contributed by atoms with Crippen molar-refractivity contribution < 1.29 is 23.9 Å². The molecule has 0 aliphatic rings.